The first-order chi connectivity index (χ1) is 25.3. The van der Waals surface area contributed by atoms with Gasteiger partial charge >= 0.3 is 0 Å². The largest absolute Gasteiger partial charge is 0.457 e. The van der Waals surface area contributed by atoms with Crippen LogP contribution >= 0.6 is 0 Å². The highest BCUT2D eigenvalue weighted by molar-refractivity contribution is 7.19. The van der Waals surface area contributed by atoms with Crippen molar-refractivity contribution >= 4 is 45.9 Å². The van der Waals surface area contributed by atoms with Gasteiger partial charge < -0.3 is 9.64 Å². The zero-order chi connectivity index (χ0) is 34.3. The predicted molar refractivity (Wildman–Crippen MR) is 217 cm³/mol. The summed E-state index contributed by atoms with van der Waals surface area (Å²) in [7, 11) is -2.56. The molecule has 0 fully saturated rings. The van der Waals surface area contributed by atoms with Crippen molar-refractivity contribution in [2.45, 2.75) is 0 Å². The van der Waals surface area contributed by atoms with E-state index < -0.39 is 8.07 Å². The van der Waals surface area contributed by atoms with Crippen LogP contribution < -0.4 is 30.4 Å². The summed E-state index contributed by atoms with van der Waals surface area (Å²) < 4.78 is 6.08. The first-order valence-corrected chi connectivity index (χ1v) is 19.3. The van der Waals surface area contributed by atoms with Crippen molar-refractivity contribution in [3.8, 4) is 22.6 Å². The van der Waals surface area contributed by atoms with Crippen LogP contribution in [0.1, 0.15) is 0 Å². The van der Waals surface area contributed by atoms with Gasteiger partial charge in [-0.15, -0.1) is 0 Å². The lowest BCUT2D eigenvalue weighted by Crippen LogP contribution is -2.74. The molecule has 0 heterocycles. The second kappa shape index (κ2) is 14.6. The molecular formula is C48H37NOSi. The highest BCUT2D eigenvalue weighted by atomic mass is 28.3. The van der Waals surface area contributed by atoms with Crippen LogP contribution in [0.25, 0.3) is 11.1 Å². The van der Waals surface area contributed by atoms with Gasteiger partial charge in [0.05, 0.1) is 0 Å². The monoisotopic (exact) mass is 671 g/mol. The normalized spacial score (nSPS) is 11.1. The van der Waals surface area contributed by atoms with E-state index in [1.54, 1.807) is 0 Å². The maximum atomic E-state index is 6.08. The van der Waals surface area contributed by atoms with Crippen molar-refractivity contribution in [3.05, 3.63) is 224 Å². The van der Waals surface area contributed by atoms with Crippen molar-refractivity contribution in [2.75, 3.05) is 4.90 Å². The summed E-state index contributed by atoms with van der Waals surface area (Å²) >= 11 is 0. The van der Waals surface area contributed by atoms with Crippen LogP contribution in [0, 0.1) is 0 Å². The molecule has 0 aromatic heterocycles. The van der Waals surface area contributed by atoms with Crippen molar-refractivity contribution in [1.29, 1.82) is 0 Å². The number of para-hydroxylation sites is 2. The number of ether oxygens (including phenoxy) is 1. The Balaban J connectivity index is 1.14. The molecule has 0 atom stereocenters. The average molecular weight is 672 g/mol. The summed E-state index contributed by atoms with van der Waals surface area (Å²) in [6, 6.07) is 80.0. The Morgan fingerprint density at radius 3 is 1.04 bits per heavy atom. The number of hydrogen-bond acceptors (Lipinski definition) is 2. The van der Waals surface area contributed by atoms with E-state index in [-0.39, 0.29) is 0 Å². The fourth-order valence-electron chi connectivity index (χ4n) is 7.09. The molecular weight excluding hydrogens is 635 g/mol. The average Bonchev–Trinajstić information content (AvgIpc) is 3.22. The molecule has 8 aromatic carbocycles. The highest BCUT2D eigenvalue weighted by Gasteiger charge is 2.41. The molecule has 0 saturated carbocycles. The highest BCUT2D eigenvalue weighted by Crippen LogP contribution is 2.36. The van der Waals surface area contributed by atoms with Crippen molar-refractivity contribution in [3.63, 3.8) is 0 Å². The molecule has 0 aliphatic rings. The maximum Gasteiger partial charge on any atom is 0.179 e. The molecule has 0 aliphatic heterocycles. The Bertz CT molecular complexity index is 2180. The van der Waals surface area contributed by atoms with E-state index in [0.717, 1.165) is 28.6 Å². The summed E-state index contributed by atoms with van der Waals surface area (Å²) in [4.78, 5) is 2.28. The summed E-state index contributed by atoms with van der Waals surface area (Å²) in [6.45, 7) is 0. The molecule has 2 nitrogen and oxygen atoms in total. The predicted octanol–water partition coefficient (Wildman–Crippen LogP) is 9.99. The van der Waals surface area contributed by atoms with Crippen LogP contribution in [0.4, 0.5) is 17.1 Å². The Morgan fingerprint density at radius 1 is 0.275 bits per heavy atom. The van der Waals surface area contributed by atoms with E-state index in [2.05, 4.69) is 187 Å². The Morgan fingerprint density at radius 2 is 0.588 bits per heavy atom. The Hall–Kier alpha value is -6.42. The number of anilines is 3. The molecule has 0 radical (unpaired) electrons. The van der Waals surface area contributed by atoms with Gasteiger partial charge in [-0.25, -0.2) is 0 Å². The van der Waals surface area contributed by atoms with Gasteiger partial charge in [-0.2, -0.15) is 0 Å². The van der Waals surface area contributed by atoms with Gasteiger partial charge in [0.1, 0.15) is 11.5 Å². The molecule has 0 amide bonds. The maximum absolute atomic E-state index is 6.08. The fraction of sp³-hybridized carbons (Fsp3) is 0. The first kappa shape index (κ1) is 31.8. The third-order valence-electron chi connectivity index (χ3n) is 9.49. The van der Waals surface area contributed by atoms with Crippen molar-refractivity contribution in [1.82, 2.24) is 0 Å². The van der Waals surface area contributed by atoms with E-state index >= 15 is 0 Å². The SMILES string of the molecule is c1ccc(Oc2ccc(N(c3ccccc3)c3ccc(-c4ccc([Si](c5ccccc5)(c5ccccc5)c5ccccc5)cc4)cc3)cc2)cc1. The van der Waals surface area contributed by atoms with Gasteiger partial charge in [0.25, 0.3) is 0 Å². The molecule has 0 bridgehead atoms. The van der Waals surface area contributed by atoms with E-state index in [9.17, 15) is 0 Å². The fourth-order valence-corrected chi connectivity index (χ4v) is 11.8. The second-order valence-corrected chi connectivity index (χ2v) is 16.4. The molecule has 3 heteroatoms. The van der Waals surface area contributed by atoms with E-state index in [1.807, 2.05) is 42.5 Å². The van der Waals surface area contributed by atoms with Gasteiger partial charge in [0.15, 0.2) is 8.07 Å². The third kappa shape index (κ3) is 6.51. The molecule has 8 rings (SSSR count). The number of rotatable bonds is 10. The zero-order valence-electron chi connectivity index (χ0n) is 28.2. The van der Waals surface area contributed by atoms with Crippen molar-refractivity contribution < 1.29 is 4.74 Å². The van der Waals surface area contributed by atoms with Gasteiger partial charge in [0.2, 0.25) is 0 Å². The van der Waals surface area contributed by atoms with Gasteiger partial charge in [-0.1, -0.05) is 164 Å². The molecule has 0 unspecified atom stereocenters. The Labute approximate surface area is 301 Å². The Kier molecular flexibility index (Phi) is 9.10. The van der Waals surface area contributed by atoms with Gasteiger partial charge in [-0.3, -0.25) is 0 Å². The lowest BCUT2D eigenvalue weighted by atomic mass is 10.0. The smallest absolute Gasteiger partial charge is 0.179 e. The lowest BCUT2D eigenvalue weighted by Gasteiger charge is -2.34. The van der Waals surface area contributed by atoms with Gasteiger partial charge in [0, 0.05) is 17.1 Å². The molecule has 51 heavy (non-hydrogen) atoms. The minimum Gasteiger partial charge on any atom is -0.457 e. The topological polar surface area (TPSA) is 12.5 Å². The molecule has 244 valence electrons. The van der Waals surface area contributed by atoms with Crippen LogP contribution in [-0.2, 0) is 0 Å². The van der Waals surface area contributed by atoms with Crippen LogP contribution in [0.15, 0.2) is 224 Å². The van der Waals surface area contributed by atoms with Crippen LogP contribution in [0.2, 0.25) is 0 Å². The number of hydrogen-bond donors (Lipinski definition) is 0. The minimum atomic E-state index is -2.56. The van der Waals surface area contributed by atoms with Gasteiger partial charge in [-0.05, 0) is 92.5 Å². The van der Waals surface area contributed by atoms with Crippen LogP contribution in [0.5, 0.6) is 11.5 Å². The van der Waals surface area contributed by atoms with Crippen LogP contribution in [0.3, 0.4) is 0 Å². The summed E-state index contributed by atoms with van der Waals surface area (Å²) in [5, 5.41) is 5.49. The standard InChI is InChI=1S/C48H37NOSi/c1-6-16-40(17-7-1)49(42-32-34-44(35-33-42)50-43-18-8-2-9-19-43)41-30-26-38(27-31-41)39-28-36-48(37-29-39)51(45-20-10-3-11-21-45,46-22-12-4-13-23-46)47-24-14-5-15-25-47/h1-37H. The lowest BCUT2D eigenvalue weighted by molar-refractivity contribution is 0.483. The van der Waals surface area contributed by atoms with E-state index in [1.165, 1.54) is 31.9 Å². The number of nitrogens with zero attached hydrogens (tertiary/aromatic N) is 1. The first-order valence-electron chi connectivity index (χ1n) is 17.3. The minimum absolute atomic E-state index is 0.802. The van der Waals surface area contributed by atoms with E-state index in [4.69, 9.17) is 4.74 Å². The molecule has 0 N–H and O–H groups in total. The molecule has 8 aromatic rings. The quantitative estimate of drug-likeness (QED) is 0.106. The molecule has 0 spiro atoms. The molecule has 0 aliphatic carbocycles. The second-order valence-electron chi connectivity index (χ2n) is 12.6. The number of benzene rings is 8. The summed E-state index contributed by atoms with van der Waals surface area (Å²) in [6.07, 6.45) is 0. The van der Waals surface area contributed by atoms with E-state index in [0.29, 0.717) is 0 Å². The third-order valence-corrected chi connectivity index (χ3v) is 14.3. The van der Waals surface area contributed by atoms with Crippen LogP contribution in [-0.4, -0.2) is 8.07 Å². The van der Waals surface area contributed by atoms with Crippen molar-refractivity contribution in [2.24, 2.45) is 0 Å². The summed E-state index contributed by atoms with van der Waals surface area (Å²) in [5.74, 6) is 1.62. The summed E-state index contributed by atoms with van der Waals surface area (Å²) in [5.41, 5.74) is 5.60. The zero-order valence-corrected chi connectivity index (χ0v) is 29.2. The molecule has 0 saturated heterocycles.